The molecule has 1 aliphatic heterocycles. The van der Waals surface area contributed by atoms with Crippen LogP contribution in [0.4, 0.5) is 0 Å². The van der Waals surface area contributed by atoms with Crippen LogP contribution >= 0.6 is 0 Å². The molecule has 0 aromatic carbocycles. The molecule has 3 fully saturated rings. The molecule has 1 amide bonds. The molecule has 0 atom stereocenters. The summed E-state index contributed by atoms with van der Waals surface area (Å²) in [5.74, 6) is 0.892. The van der Waals surface area contributed by atoms with Crippen molar-refractivity contribution in [1.82, 2.24) is 20.4 Å². The lowest BCUT2D eigenvalue weighted by atomic mass is 9.92. The van der Waals surface area contributed by atoms with Gasteiger partial charge in [-0.05, 0) is 38.5 Å². The van der Waals surface area contributed by atoms with E-state index in [0.29, 0.717) is 12.1 Å². The summed E-state index contributed by atoms with van der Waals surface area (Å²) in [6.45, 7) is 2.60. The normalized spacial score (nSPS) is 24.1. The fraction of sp³-hybridized carbons (Fsp3) is 0.905. The zero-order valence-corrected chi connectivity index (χ0v) is 17.4. The second-order valence-corrected chi connectivity index (χ2v) is 8.83. The number of rotatable bonds is 5. The van der Waals surface area contributed by atoms with E-state index in [4.69, 9.17) is 0 Å². The Bertz CT molecular complexity index is 487. The number of carbonyl (C=O) groups excluding carboxylic acids is 1. The zero-order valence-electron chi connectivity index (χ0n) is 17.4. The number of carbonyl (C=O) groups is 1. The minimum absolute atomic E-state index is 0.0506. The molecule has 0 radical (unpaired) electrons. The molecule has 2 aliphatic carbocycles. The number of aliphatic imine (C=N–C) groups is 1. The fourth-order valence-corrected chi connectivity index (χ4v) is 4.73. The molecular weight excluding hydrogens is 338 g/mol. The Balaban J connectivity index is 1.50. The van der Waals surface area contributed by atoms with E-state index in [1.807, 2.05) is 0 Å². The van der Waals surface area contributed by atoms with Crippen molar-refractivity contribution in [1.29, 1.82) is 0 Å². The number of hydrogen-bond donors (Lipinski definition) is 2. The summed E-state index contributed by atoms with van der Waals surface area (Å²) < 4.78 is 0. The average molecular weight is 378 g/mol. The van der Waals surface area contributed by atoms with E-state index in [9.17, 15) is 4.79 Å². The SMILES string of the molecule is CN(C)C(=O)CN=C(NC1CCCC1)NC1CCN(C2CCCCC2)CC1. The van der Waals surface area contributed by atoms with Crippen LogP contribution in [0.15, 0.2) is 4.99 Å². The van der Waals surface area contributed by atoms with Gasteiger partial charge in [0.2, 0.25) is 5.91 Å². The quantitative estimate of drug-likeness (QED) is 0.570. The van der Waals surface area contributed by atoms with Crippen LogP contribution in [0.5, 0.6) is 0 Å². The molecule has 1 heterocycles. The number of likely N-dealkylation sites (tertiary alicyclic amines) is 1. The van der Waals surface area contributed by atoms with Gasteiger partial charge in [-0.15, -0.1) is 0 Å². The monoisotopic (exact) mass is 377 g/mol. The smallest absolute Gasteiger partial charge is 0.243 e. The zero-order chi connectivity index (χ0) is 19.1. The maximum absolute atomic E-state index is 12.0. The van der Waals surface area contributed by atoms with Gasteiger partial charge in [-0.2, -0.15) is 0 Å². The second kappa shape index (κ2) is 10.3. The molecule has 6 heteroatoms. The minimum atomic E-state index is 0.0506. The number of amides is 1. The number of nitrogens with zero attached hydrogens (tertiary/aromatic N) is 3. The first-order valence-corrected chi connectivity index (χ1v) is 11.1. The summed E-state index contributed by atoms with van der Waals surface area (Å²) in [6.07, 6.45) is 14.4. The van der Waals surface area contributed by atoms with E-state index in [2.05, 4.69) is 20.5 Å². The highest BCUT2D eigenvalue weighted by molar-refractivity contribution is 5.85. The molecule has 0 aromatic rings. The van der Waals surface area contributed by atoms with Crippen molar-refractivity contribution in [3.8, 4) is 0 Å². The molecule has 3 rings (SSSR count). The number of guanidine groups is 1. The van der Waals surface area contributed by atoms with Gasteiger partial charge in [0.05, 0.1) is 0 Å². The third kappa shape index (κ3) is 6.37. The van der Waals surface area contributed by atoms with Gasteiger partial charge < -0.3 is 20.4 Å². The summed E-state index contributed by atoms with van der Waals surface area (Å²) >= 11 is 0. The van der Waals surface area contributed by atoms with Crippen LogP contribution in [-0.4, -0.2) is 73.5 Å². The average Bonchev–Trinajstić information content (AvgIpc) is 3.20. The van der Waals surface area contributed by atoms with Crippen LogP contribution in [0, 0.1) is 0 Å². The molecule has 1 saturated heterocycles. The van der Waals surface area contributed by atoms with Crippen molar-refractivity contribution in [2.75, 3.05) is 33.7 Å². The molecule has 0 bridgehead atoms. The lowest BCUT2D eigenvalue weighted by Crippen LogP contribution is -2.52. The van der Waals surface area contributed by atoms with Gasteiger partial charge in [-0.3, -0.25) is 4.79 Å². The highest BCUT2D eigenvalue weighted by Crippen LogP contribution is 2.25. The molecule has 0 spiro atoms. The number of likely N-dealkylation sites (N-methyl/N-ethyl adjacent to an activating group) is 1. The summed E-state index contributed by atoms with van der Waals surface area (Å²) in [4.78, 5) is 20.9. The summed E-state index contributed by atoms with van der Waals surface area (Å²) in [5, 5.41) is 7.23. The van der Waals surface area contributed by atoms with Gasteiger partial charge in [-0.1, -0.05) is 32.1 Å². The van der Waals surface area contributed by atoms with Crippen molar-refractivity contribution in [3.05, 3.63) is 0 Å². The number of piperidine rings is 1. The Morgan fingerprint density at radius 2 is 1.44 bits per heavy atom. The predicted octanol–water partition coefficient (Wildman–Crippen LogP) is 2.35. The number of nitrogens with one attached hydrogen (secondary N) is 2. The van der Waals surface area contributed by atoms with Crippen LogP contribution in [0.2, 0.25) is 0 Å². The van der Waals surface area contributed by atoms with E-state index in [-0.39, 0.29) is 12.5 Å². The summed E-state index contributed by atoms with van der Waals surface area (Å²) in [7, 11) is 3.58. The Labute approximate surface area is 165 Å². The molecule has 2 saturated carbocycles. The van der Waals surface area contributed by atoms with E-state index in [1.54, 1.807) is 19.0 Å². The lowest BCUT2D eigenvalue weighted by molar-refractivity contribution is -0.127. The van der Waals surface area contributed by atoms with Gasteiger partial charge in [0.15, 0.2) is 5.96 Å². The summed E-state index contributed by atoms with van der Waals surface area (Å²) in [6, 6.07) is 1.79. The molecule has 0 aromatic heterocycles. The Morgan fingerprint density at radius 1 is 0.889 bits per heavy atom. The fourth-order valence-electron chi connectivity index (χ4n) is 4.73. The number of hydrogen-bond acceptors (Lipinski definition) is 3. The van der Waals surface area contributed by atoms with Crippen LogP contribution < -0.4 is 10.6 Å². The molecule has 27 heavy (non-hydrogen) atoms. The highest BCUT2D eigenvalue weighted by atomic mass is 16.2. The Hall–Kier alpha value is -1.30. The van der Waals surface area contributed by atoms with Gasteiger partial charge >= 0.3 is 0 Å². The van der Waals surface area contributed by atoms with E-state index >= 15 is 0 Å². The van der Waals surface area contributed by atoms with Gasteiger partial charge in [0, 0.05) is 45.3 Å². The molecule has 3 aliphatic rings. The first-order chi connectivity index (χ1) is 13.1. The highest BCUT2D eigenvalue weighted by Gasteiger charge is 2.27. The van der Waals surface area contributed by atoms with Crippen molar-refractivity contribution in [2.45, 2.75) is 88.8 Å². The lowest BCUT2D eigenvalue weighted by Gasteiger charge is -2.39. The maximum atomic E-state index is 12.0. The molecule has 154 valence electrons. The second-order valence-electron chi connectivity index (χ2n) is 8.83. The van der Waals surface area contributed by atoms with Crippen molar-refractivity contribution >= 4 is 11.9 Å². The van der Waals surface area contributed by atoms with Crippen molar-refractivity contribution < 1.29 is 4.79 Å². The molecule has 6 nitrogen and oxygen atoms in total. The Morgan fingerprint density at radius 3 is 2.04 bits per heavy atom. The van der Waals surface area contributed by atoms with Crippen LogP contribution in [-0.2, 0) is 4.79 Å². The van der Waals surface area contributed by atoms with Gasteiger partial charge in [0.25, 0.3) is 0 Å². The topological polar surface area (TPSA) is 60.0 Å². The van der Waals surface area contributed by atoms with Gasteiger partial charge in [0.1, 0.15) is 6.54 Å². The third-order valence-electron chi connectivity index (χ3n) is 6.53. The first kappa shape index (κ1) is 20.4. The van der Waals surface area contributed by atoms with Crippen LogP contribution in [0.25, 0.3) is 0 Å². The first-order valence-electron chi connectivity index (χ1n) is 11.1. The van der Waals surface area contributed by atoms with Gasteiger partial charge in [-0.25, -0.2) is 4.99 Å². The molecule has 2 N–H and O–H groups in total. The minimum Gasteiger partial charge on any atom is -0.354 e. The molecular formula is C21H39N5O. The van der Waals surface area contributed by atoms with Crippen LogP contribution in [0.1, 0.15) is 70.6 Å². The van der Waals surface area contributed by atoms with E-state index in [0.717, 1.165) is 12.0 Å². The van der Waals surface area contributed by atoms with Crippen LogP contribution in [0.3, 0.4) is 0 Å². The maximum Gasteiger partial charge on any atom is 0.243 e. The predicted molar refractivity (Wildman–Crippen MR) is 111 cm³/mol. The van der Waals surface area contributed by atoms with E-state index in [1.165, 1.54) is 83.7 Å². The summed E-state index contributed by atoms with van der Waals surface area (Å²) in [5.41, 5.74) is 0. The molecule has 0 unspecified atom stereocenters. The van der Waals surface area contributed by atoms with E-state index < -0.39 is 0 Å². The largest absolute Gasteiger partial charge is 0.354 e. The van der Waals surface area contributed by atoms with Crippen molar-refractivity contribution in [2.24, 2.45) is 4.99 Å². The third-order valence-corrected chi connectivity index (χ3v) is 6.53. The van der Waals surface area contributed by atoms with Crippen molar-refractivity contribution in [3.63, 3.8) is 0 Å². The standard InChI is InChI=1S/C21H39N5O/c1-25(2)20(27)16-22-21(23-17-8-6-7-9-17)24-18-12-14-26(15-13-18)19-10-4-3-5-11-19/h17-19H,3-16H2,1-2H3,(H2,22,23,24). The Kier molecular flexibility index (Phi) is 7.80.